The molecule has 26 heavy (non-hydrogen) atoms. The lowest BCUT2D eigenvalue weighted by Crippen LogP contribution is -2.52. The van der Waals surface area contributed by atoms with Crippen molar-refractivity contribution in [3.8, 4) is 0 Å². The number of carbonyl (C=O) groups excluding carboxylic acids is 1. The summed E-state index contributed by atoms with van der Waals surface area (Å²) in [4.78, 5) is 12.6. The highest BCUT2D eigenvalue weighted by Gasteiger charge is 2.50. The number of alkyl halides is 3. The number of hydrogen-bond donors (Lipinski definition) is 2. The summed E-state index contributed by atoms with van der Waals surface area (Å²) in [7, 11) is 0. The van der Waals surface area contributed by atoms with Crippen LogP contribution in [0, 0.1) is 10.8 Å². The van der Waals surface area contributed by atoms with Crippen LogP contribution in [0.3, 0.4) is 0 Å². The molecule has 0 heterocycles. The number of rotatable bonds is 4. The van der Waals surface area contributed by atoms with Crippen LogP contribution < -0.4 is 16.6 Å². The van der Waals surface area contributed by atoms with Crippen LogP contribution in [0.15, 0.2) is 24.3 Å². The van der Waals surface area contributed by atoms with Crippen molar-refractivity contribution in [3.05, 3.63) is 24.3 Å². The molecule has 1 amide bonds. The first-order valence-corrected chi connectivity index (χ1v) is 8.80. The van der Waals surface area contributed by atoms with Gasteiger partial charge in [-0.1, -0.05) is 67.5 Å². The number of carbonyl (C=O) groups is 1. The Bertz CT molecular complexity index is 555. The fourth-order valence-electron chi connectivity index (χ4n) is 2.13. The second kappa shape index (κ2) is 10.4. The second-order valence-corrected chi connectivity index (χ2v) is 6.53. The van der Waals surface area contributed by atoms with E-state index in [1.807, 2.05) is 27.7 Å². The molecule has 0 unspecified atom stereocenters. The van der Waals surface area contributed by atoms with Gasteiger partial charge in [0.2, 0.25) is 5.91 Å². The topological polar surface area (TPSA) is 72.3 Å². The SMILES string of the molecule is CC.CC.CC(C)(CC(F)(F)F)C(C)(C)C(=O)N(N)c1ccccc1N. The number of benzene rings is 1. The van der Waals surface area contributed by atoms with Gasteiger partial charge in [0.15, 0.2) is 0 Å². The lowest BCUT2D eigenvalue weighted by atomic mass is 9.65. The molecule has 0 bridgehead atoms. The van der Waals surface area contributed by atoms with Gasteiger partial charge in [-0.3, -0.25) is 4.79 Å². The minimum Gasteiger partial charge on any atom is -0.397 e. The smallest absolute Gasteiger partial charge is 0.389 e. The largest absolute Gasteiger partial charge is 0.397 e. The maximum absolute atomic E-state index is 12.8. The zero-order chi connectivity index (χ0) is 21.3. The number of para-hydroxylation sites is 2. The Balaban J connectivity index is 0. The number of anilines is 2. The van der Waals surface area contributed by atoms with E-state index < -0.39 is 29.3 Å². The fraction of sp³-hybridized carbons (Fsp3) is 0.632. The molecule has 0 radical (unpaired) electrons. The van der Waals surface area contributed by atoms with E-state index in [9.17, 15) is 18.0 Å². The van der Waals surface area contributed by atoms with Gasteiger partial charge >= 0.3 is 6.18 Å². The van der Waals surface area contributed by atoms with Crippen molar-refractivity contribution < 1.29 is 18.0 Å². The maximum atomic E-state index is 12.8. The van der Waals surface area contributed by atoms with Crippen LogP contribution >= 0.6 is 0 Å². The quantitative estimate of drug-likeness (QED) is 0.313. The van der Waals surface area contributed by atoms with Crippen molar-refractivity contribution in [2.24, 2.45) is 16.7 Å². The molecule has 7 heteroatoms. The van der Waals surface area contributed by atoms with Crippen molar-refractivity contribution in [1.29, 1.82) is 0 Å². The Kier molecular flexibility index (Phi) is 10.6. The molecule has 152 valence electrons. The Hall–Kier alpha value is -1.76. The van der Waals surface area contributed by atoms with Gasteiger partial charge < -0.3 is 5.73 Å². The molecule has 1 aromatic rings. The van der Waals surface area contributed by atoms with E-state index in [0.717, 1.165) is 5.01 Å². The van der Waals surface area contributed by atoms with Crippen molar-refractivity contribution in [3.63, 3.8) is 0 Å². The molecule has 0 spiro atoms. The number of nitrogens with two attached hydrogens (primary N) is 2. The number of amides is 1. The van der Waals surface area contributed by atoms with Crippen molar-refractivity contribution in [1.82, 2.24) is 0 Å². The summed E-state index contributed by atoms with van der Waals surface area (Å²) in [6.45, 7) is 13.7. The molecule has 0 atom stereocenters. The number of hydrogen-bond acceptors (Lipinski definition) is 3. The molecule has 0 saturated carbocycles. The Morgan fingerprint density at radius 1 is 1.00 bits per heavy atom. The lowest BCUT2D eigenvalue weighted by Gasteiger charge is -2.42. The monoisotopic (exact) mass is 377 g/mol. The average molecular weight is 377 g/mol. The van der Waals surface area contributed by atoms with Crippen LogP contribution in [-0.4, -0.2) is 12.1 Å². The number of hydrazine groups is 1. The summed E-state index contributed by atoms with van der Waals surface area (Å²) in [5, 5.41) is 0.827. The number of halogens is 3. The summed E-state index contributed by atoms with van der Waals surface area (Å²) >= 11 is 0. The molecule has 1 aromatic carbocycles. The number of nitrogen functional groups attached to an aromatic ring is 1. The predicted molar refractivity (Wildman–Crippen MR) is 103 cm³/mol. The Morgan fingerprint density at radius 3 is 1.81 bits per heavy atom. The lowest BCUT2D eigenvalue weighted by molar-refractivity contribution is -0.172. The minimum atomic E-state index is -4.37. The first-order valence-electron chi connectivity index (χ1n) is 8.80. The molecule has 0 aliphatic carbocycles. The summed E-state index contributed by atoms with van der Waals surface area (Å²) in [6.07, 6.45) is -5.46. The fourth-order valence-corrected chi connectivity index (χ4v) is 2.13. The second-order valence-electron chi connectivity index (χ2n) is 6.53. The van der Waals surface area contributed by atoms with Crippen LogP contribution in [0.1, 0.15) is 61.8 Å². The average Bonchev–Trinajstić information content (AvgIpc) is 2.55. The minimum absolute atomic E-state index is 0.267. The summed E-state index contributed by atoms with van der Waals surface area (Å²) in [5.41, 5.74) is 3.64. The van der Waals surface area contributed by atoms with Gasteiger partial charge in [0, 0.05) is 6.42 Å². The third-order valence-corrected chi connectivity index (χ3v) is 4.28. The zero-order valence-corrected chi connectivity index (χ0v) is 17.2. The van der Waals surface area contributed by atoms with Crippen LogP contribution in [0.4, 0.5) is 24.5 Å². The van der Waals surface area contributed by atoms with Crippen molar-refractivity contribution in [2.45, 2.75) is 68.0 Å². The van der Waals surface area contributed by atoms with Crippen molar-refractivity contribution in [2.75, 3.05) is 10.7 Å². The van der Waals surface area contributed by atoms with E-state index in [2.05, 4.69) is 0 Å². The van der Waals surface area contributed by atoms with E-state index in [0.29, 0.717) is 0 Å². The van der Waals surface area contributed by atoms with Gasteiger partial charge in [-0.25, -0.2) is 10.9 Å². The first kappa shape index (κ1) is 26.5. The van der Waals surface area contributed by atoms with E-state index in [-0.39, 0.29) is 11.4 Å². The standard InChI is InChI=1S/C15H22F3N3O.2C2H6/c1-13(2,9-15(16,17)18)14(3,4)12(22)21(20)11-8-6-5-7-10(11)19;2*1-2/h5-8H,9,19-20H2,1-4H3;2*1-2H3. The van der Waals surface area contributed by atoms with E-state index >= 15 is 0 Å². The third kappa shape index (κ3) is 6.86. The summed E-state index contributed by atoms with van der Waals surface area (Å²) in [5.74, 6) is 5.18. The maximum Gasteiger partial charge on any atom is 0.389 e. The molecule has 0 aliphatic rings. The highest BCUT2D eigenvalue weighted by atomic mass is 19.4. The molecule has 4 nitrogen and oxygen atoms in total. The molecule has 0 aliphatic heterocycles. The van der Waals surface area contributed by atoms with Gasteiger partial charge in [0.1, 0.15) is 0 Å². The van der Waals surface area contributed by atoms with Crippen LogP contribution in [0.5, 0.6) is 0 Å². The normalized spacial score (nSPS) is 11.5. The zero-order valence-electron chi connectivity index (χ0n) is 17.2. The molecular formula is C19H34F3N3O. The van der Waals surface area contributed by atoms with Crippen LogP contribution in [0.2, 0.25) is 0 Å². The first-order chi connectivity index (χ1) is 11.8. The molecule has 1 rings (SSSR count). The van der Waals surface area contributed by atoms with Gasteiger partial charge in [0.25, 0.3) is 0 Å². The summed E-state index contributed by atoms with van der Waals surface area (Å²) < 4.78 is 38.3. The predicted octanol–water partition coefficient (Wildman–Crippen LogP) is 5.53. The van der Waals surface area contributed by atoms with E-state index in [1.54, 1.807) is 24.3 Å². The van der Waals surface area contributed by atoms with Crippen molar-refractivity contribution >= 4 is 17.3 Å². The van der Waals surface area contributed by atoms with Crippen LogP contribution in [-0.2, 0) is 4.79 Å². The highest BCUT2D eigenvalue weighted by Crippen LogP contribution is 2.47. The van der Waals surface area contributed by atoms with Gasteiger partial charge in [-0.2, -0.15) is 13.2 Å². The molecule has 4 N–H and O–H groups in total. The molecule has 0 fully saturated rings. The van der Waals surface area contributed by atoms with Gasteiger partial charge in [0.05, 0.1) is 16.8 Å². The number of nitrogens with zero attached hydrogens (tertiary/aromatic N) is 1. The molecule has 0 aromatic heterocycles. The Morgan fingerprint density at radius 2 is 1.42 bits per heavy atom. The third-order valence-electron chi connectivity index (χ3n) is 4.28. The van der Waals surface area contributed by atoms with Gasteiger partial charge in [-0.15, -0.1) is 0 Å². The molecular weight excluding hydrogens is 343 g/mol. The molecule has 0 saturated heterocycles. The Labute approximate surface area is 155 Å². The summed E-state index contributed by atoms with van der Waals surface area (Å²) in [6, 6.07) is 6.43. The van der Waals surface area contributed by atoms with Crippen LogP contribution in [0.25, 0.3) is 0 Å². The van der Waals surface area contributed by atoms with Gasteiger partial charge in [-0.05, 0) is 17.5 Å². The van der Waals surface area contributed by atoms with E-state index in [4.69, 9.17) is 11.6 Å². The van der Waals surface area contributed by atoms with E-state index in [1.165, 1.54) is 27.7 Å². The highest BCUT2D eigenvalue weighted by molar-refractivity contribution is 5.98.